The van der Waals surface area contributed by atoms with Gasteiger partial charge in [0.2, 0.25) is 0 Å². The van der Waals surface area contributed by atoms with Crippen molar-refractivity contribution in [3.8, 4) is 0 Å². The molecule has 3 heterocycles. The number of hydrogen-bond donors (Lipinski definition) is 1. The van der Waals surface area contributed by atoms with Gasteiger partial charge in [-0.15, -0.1) is 5.10 Å². The van der Waals surface area contributed by atoms with Gasteiger partial charge in [-0.3, -0.25) is 14.7 Å². The van der Waals surface area contributed by atoms with Gasteiger partial charge in [0.1, 0.15) is 5.82 Å². The third-order valence-corrected chi connectivity index (χ3v) is 5.07. The standard InChI is InChI=1S/C16H14FN5O3/c17-11-4-2-1-3-8(11)5-21-15(23)12-13(19-21)16(24)22(20-18-12)14-9-6-25-7-10(9)14/h1-4,9-10,14,19H,5-7H2/t9-,10+,14?. The van der Waals surface area contributed by atoms with E-state index in [1.54, 1.807) is 18.2 Å². The number of rotatable bonds is 3. The summed E-state index contributed by atoms with van der Waals surface area (Å²) in [6.07, 6.45) is 0. The van der Waals surface area contributed by atoms with Crippen LogP contribution in [0.2, 0.25) is 0 Å². The average Bonchev–Trinajstić information content (AvgIpc) is 2.93. The fourth-order valence-electron chi connectivity index (χ4n) is 3.64. The molecule has 128 valence electrons. The Bertz CT molecular complexity index is 1090. The smallest absolute Gasteiger partial charge is 0.296 e. The van der Waals surface area contributed by atoms with Crippen LogP contribution in [0, 0.1) is 17.7 Å². The quantitative estimate of drug-likeness (QED) is 0.737. The lowest BCUT2D eigenvalue weighted by molar-refractivity contribution is 0.149. The largest absolute Gasteiger partial charge is 0.381 e. The van der Waals surface area contributed by atoms with Crippen LogP contribution in [-0.2, 0) is 11.3 Å². The lowest BCUT2D eigenvalue weighted by Gasteiger charge is -2.05. The molecule has 0 radical (unpaired) electrons. The molecule has 3 atom stereocenters. The maximum atomic E-state index is 13.8. The second kappa shape index (κ2) is 5.09. The number of nitrogens with one attached hydrogen (secondary N) is 1. The molecule has 1 saturated carbocycles. The highest BCUT2D eigenvalue weighted by Gasteiger charge is 2.56. The minimum Gasteiger partial charge on any atom is -0.381 e. The lowest BCUT2D eigenvalue weighted by Crippen LogP contribution is -2.26. The maximum Gasteiger partial charge on any atom is 0.296 e. The molecule has 0 spiro atoms. The second-order valence-corrected chi connectivity index (χ2v) is 6.51. The van der Waals surface area contributed by atoms with Gasteiger partial charge < -0.3 is 4.74 Å². The summed E-state index contributed by atoms with van der Waals surface area (Å²) in [5, 5.41) is 10.6. The number of ether oxygens (including phenoxy) is 1. The molecule has 2 aromatic heterocycles. The Morgan fingerprint density at radius 2 is 1.96 bits per heavy atom. The normalized spacial score (nSPS) is 24.6. The van der Waals surface area contributed by atoms with Crippen LogP contribution in [0.1, 0.15) is 11.6 Å². The Morgan fingerprint density at radius 1 is 1.20 bits per heavy atom. The van der Waals surface area contributed by atoms with E-state index < -0.39 is 11.4 Å². The van der Waals surface area contributed by atoms with Crippen molar-refractivity contribution in [1.29, 1.82) is 0 Å². The fourth-order valence-corrected chi connectivity index (χ4v) is 3.64. The van der Waals surface area contributed by atoms with Crippen LogP contribution >= 0.6 is 0 Å². The molecule has 25 heavy (non-hydrogen) atoms. The van der Waals surface area contributed by atoms with E-state index in [1.807, 2.05) is 0 Å². The molecule has 2 fully saturated rings. The first kappa shape index (κ1) is 14.5. The van der Waals surface area contributed by atoms with E-state index in [-0.39, 0.29) is 41.0 Å². The van der Waals surface area contributed by atoms with Crippen LogP contribution in [0.15, 0.2) is 33.9 Å². The summed E-state index contributed by atoms with van der Waals surface area (Å²) in [6, 6.07) is 6.16. The maximum absolute atomic E-state index is 13.8. The van der Waals surface area contributed by atoms with Crippen molar-refractivity contribution in [2.24, 2.45) is 11.8 Å². The minimum absolute atomic E-state index is 0.0101. The molecule has 0 bridgehead atoms. The monoisotopic (exact) mass is 343 g/mol. The summed E-state index contributed by atoms with van der Waals surface area (Å²) in [7, 11) is 0. The van der Waals surface area contributed by atoms with Crippen LogP contribution in [0.5, 0.6) is 0 Å². The Labute approximate surface area is 139 Å². The molecule has 3 aromatic rings. The number of aromatic amines is 1. The van der Waals surface area contributed by atoms with E-state index >= 15 is 0 Å². The number of benzene rings is 1. The summed E-state index contributed by atoms with van der Waals surface area (Å²) >= 11 is 0. The van der Waals surface area contributed by atoms with E-state index in [0.29, 0.717) is 18.8 Å². The number of hydrogen-bond acceptors (Lipinski definition) is 5. The number of H-pyrrole nitrogens is 1. The molecule has 1 aromatic carbocycles. The highest BCUT2D eigenvalue weighted by Crippen LogP contribution is 2.53. The minimum atomic E-state index is -0.491. The first-order chi connectivity index (χ1) is 12.1. The predicted molar refractivity (Wildman–Crippen MR) is 84.7 cm³/mol. The van der Waals surface area contributed by atoms with Crippen molar-refractivity contribution < 1.29 is 9.13 Å². The van der Waals surface area contributed by atoms with Gasteiger partial charge in [-0.2, -0.15) is 0 Å². The molecule has 1 saturated heterocycles. The van der Waals surface area contributed by atoms with Gasteiger partial charge in [0.25, 0.3) is 11.1 Å². The number of halogens is 1. The first-order valence-electron chi connectivity index (χ1n) is 8.04. The van der Waals surface area contributed by atoms with Gasteiger partial charge in [-0.25, -0.2) is 13.8 Å². The van der Waals surface area contributed by atoms with Crippen molar-refractivity contribution in [2.75, 3.05) is 13.2 Å². The summed E-state index contributed by atoms with van der Waals surface area (Å²) in [6.45, 7) is 1.22. The third kappa shape index (κ3) is 2.08. The van der Waals surface area contributed by atoms with Crippen LogP contribution in [-0.4, -0.2) is 38.0 Å². The molecule has 9 heteroatoms. The molecule has 1 N–H and O–H groups in total. The molecule has 1 aliphatic heterocycles. The number of aromatic nitrogens is 5. The van der Waals surface area contributed by atoms with Crippen molar-refractivity contribution in [1.82, 2.24) is 24.8 Å². The van der Waals surface area contributed by atoms with E-state index in [1.165, 1.54) is 15.4 Å². The zero-order valence-corrected chi connectivity index (χ0v) is 13.1. The topological polar surface area (TPSA) is 94.8 Å². The van der Waals surface area contributed by atoms with Crippen molar-refractivity contribution in [3.05, 3.63) is 56.4 Å². The summed E-state index contributed by atoms with van der Waals surface area (Å²) < 4.78 is 21.7. The molecule has 1 aliphatic carbocycles. The van der Waals surface area contributed by atoms with Crippen LogP contribution in [0.25, 0.3) is 11.0 Å². The number of fused-ring (bicyclic) bond motifs is 2. The molecule has 1 unspecified atom stereocenters. The molecule has 2 aliphatic rings. The SMILES string of the molecule is O=c1c2[nH]n(Cc3ccccc3F)c(=O)c2nnn1C1[C@H]2COC[C@@H]12. The zero-order valence-electron chi connectivity index (χ0n) is 13.1. The first-order valence-corrected chi connectivity index (χ1v) is 8.04. The van der Waals surface area contributed by atoms with E-state index in [2.05, 4.69) is 15.4 Å². The highest BCUT2D eigenvalue weighted by molar-refractivity contribution is 5.71. The third-order valence-electron chi connectivity index (χ3n) is 5.07. The van der Waals surface area contributed by atoms with Gasteiger partial charge in [0.05, 0.1) is 25.8 Å². The van der Waals surface area contributed by atoms with Gasteiger partial charge in [-0.1, -0.05) is 23.4 Å². The van der Waals surface area contributed by atoms with Crippen molar-refractivity contribution in [2.45, 2.75) is 12.6 Å². The highest BCUT2D eigenvalue weighted by atomic mass is 19.1. The van der Waals surface area contributed by atoms with Crippen molar-refractivity contribution >= 4 is 11.0 Å². The van der Waals surface area contributed by atoms with Crippen LogP contribution < -0.4 is 11.1 Å². The molecule has 5 rings (SSSR count). The molecule has 0 amide bonds. The Balaban J connectivity index is 1.57. The Morgan fingerprint density at radius 3 is 2.72 bits per heavy atom. The molecule has 8 nitrogen and oxygen atoms in total. The van der Waals surface area contributed by atoms with Gasteiger partial charge in [0.15, 0.2) is 11.0 Å². The number of nitrogens with zero attached hydrogens (tertiary/aromatic N) is 4. The van der Waals surface area contributed by atoms with E-state index in [0.717, 1.165) is 0 Å². The summed E-state index contributed by atoms with van der Waals surface area (Å²) in [5.74, 6) is 0.163. The average molecular weight is 343 g/mol. The van der Waals surface area contributed by atoms with Gasteiger partial charge >= 0.3 is 0 Å². The Hall–Kier alpha value is -2.81. The summed E-state index contributed by atoms with van der Waals surface area (Å²) in [5.41, 5.74) is -0.455. The van der Waals surface area contributed by atoms with Gasteiger partial charge in [-0.05, 0) is 6.07 Å². The summed E-state index contributed by atoms with van der Waals surface area (Å²) in [4.78, 5) is 25.1. The van der Waals surface area contributed by atoms with E-state index in [4.69, 9.17) is 4.74 Å². The van der Waals surface area contributed by atoms with Crippen LogP contribution in [0.4, 0.5) is 4.39 Å². The fraction of sp³-hybridized carbons (Fsp3) is 0.375. The van der Waals surface area contributed by atoms with Gasteiger partial charge in [0, 0.05) is 17.4 Å². The van der Waals surface area contributed by atoms with Crippen molar-refractivity contribution in [3.63, 3.8) is 0 Å². The zero-order chi connectivity index (χ0) is 17.1. The Kier molecular flexibility index (Phi) is 2.96. The lowest BCUT2D eigenvalue weighted by atomic mass is 10.2. The molecular weight excluding hydrogens is 329 g/mol. The van der Waals surface area contributed by atoms with E-state index in [9.17, 15) is 14.0 Å². The second-order valence-electron chi connectivity index (χ2n) is 6.51. The van der Waals surface area contributed by atoms with Crippen LogP contribution in [0.3, 0.4) is 0 Å². The predicted octanol–water partition coefficient (Wildman–Crippen LogP) is 0.286. The molecular formula is C16H14FN5O3.